The monoisotopic (exact) mass is 270 g/mol. The summed E-state index contributed by atoms with van der Waals surface area (Å²) in [6.07, 6.45) is 1.60. The number of hydrogen-bond acceptors (Lipinski definition) is 4. The highest BCUT2D eigenvalue weighted by molar-refractivity contribution is 5.59. The quantitative estimate of drug-likeness (QED) is 0.851. The third kappa shape index (κ3) is 1.82. The largest absolute Gasteiger partial charge is 0.493 e. The van der Waals surface area contributed by atoms with E-state index in [-0.39, 0.29) is 5.56 Å². The van der Waals surface area contributed by atoms with E-state index in [1.165, 1.54) is 5.56 Å². The summed E-state index contributed by atoms with van der Waals surface area (Å²) in [5.74, 6) is 1.56. The number of aromatic nitrogens is 2. The molecule has 102 valence electrons. The Labute approximate surface area is 115 Å². The van der Waals surface area contributed by atoms with E-state index in [2.05, 4.69) is 9.97 Å². The Kier molecular flexibility index (Phi) is 2.60. The second kappa shape index (κ2) is 4.45. The summed E-state index contributed by atoms with van der Waals surface area (Å²) in [5.41, 5.74) is 3.52. The molecule has 0 bridgehead atoms. The van der Waals surface area contributed by atoms with Crippen molar-refractivity contribution in [1.82, 2.24) is 9.97 Å². The molecule has 1 N–H and O–H groups in total. The third-order valence-electron chi connectivity index (χ3n) is 3.79. The zero-order valence-electron chi connectivity index (χ0n) is 10.9. The van der Waals surface area contributed by atoms with Crippen LogP contribution in [0.4, 0.5) is 0 Å². The van der Waals surface area contributed by atoms with Crippen LogP contribution in [0.5, 0.6) is 5.75 Å². The number of aromatic amines is 1. The van der Waals surface area contributed by atoms with Gasteiger partial charge in [-0.05, 0) is 23.8 Å². The molecule has 0 spiro atoms. The lowest BCUT2D eigenvalue weighted by Crippen LogP contribution is -2.24. The van der Waals surface area contributed by atoms with Gasteiger partial charge in [-0.3, -0.25) is 4.79 Å². The van der Waals surface area contributed by atoms with Crippen molar-refractivity contribution in [3.8, 4) is 17.1 Å². The number of nitrogens with one attached hydrogen (secondary N) is 1. The van der Waals surface area contributed by atoms with E-state index < -0.39 is 0 Å². The van der Waals surface area contributed by atoms with Gasteiger partial charge in [-0.1, -0.05) is 0 Å². The van der Waals surface area contributed by atoms with Crippen LogP contribution >= 0.6 is 0 Å². The van der Waals surface area contributed by atoms with E-state index in [0.717, 1.165) is 30.0 Å². The second-order valence-corrected chi connectivity index (χ2v) is 5.06. The molecule has 1 aromatic heterocycles. The fraction of sp³-hybridized carbons (Fsp3) is 0.333. The number of fused-ring (bicyclic) bond motifs is 2. The molecule has 0 saturated carbocycles. The second-order valence-electron chi connectivity index (χ2n) is 5.06. The van der Waals surface area contributed by atoms with Crippen LogP contribution in [0.2, 0.25) is 0 Å². The summed E-state index contributed by atoms with van der Waals surface area (Å²) >= 11 is 0. The van der Waals surface area contributed by atoms with Crippen LogP contribution in [0, 0.1) is 0 Å². The molecule has 2 aliphatic heterocycles. The van der Waals surface area contributed by atoms with E-state index in [0.29, 0.717) is 31.0 Å². The first-order chi connectivity index (χ1) is 9.81. The predicted octanol–water partition coefficient (Wildman–Crippen LogP) is 1.44. The average molecular weight is 270 g/mol. The van der Waals surface area contributed by atoms with Gasteiger partial charge >= 0.3 is 0 Å². The predicted molar refractivity (Wildman–Crippen MR) is 72.9 cm³/mol. The van der Waals surface area contributed by atoms with Crippen molar-refractivity contribution in [2.75, 3.05) is 13.2 Å². The molecule has 0 radical (unpaired) electrons. The van der Waals surface area contributed by atoms with Crippen LogP contribution in [0.3, 0.4) is 0 Å². The Morgan fingerprint density at radius 3 is 3.10 bits per heavy atom. The van der Waals surface area contributed by atoms with Crippen molar-refractivity contribution in [1.29, 1.82) is 0 Å². The molecule has 20 heavy (non-hydrogen) atoms. The van der Waals surface area contributed by atoms with Crippen molar-refractivity contribution < 1.29 is 9.47 Å². The minimum Gasteiger partial charge on any atom is -0.493 e. The zero-order chi connectivity index (χ0) is 13.5. The molecule has 1 aromatic carbocycles. The lowest BCUT2D eigenvalue weighted by Gasteiger charge is -2.15. The molecule has 0 unspecified atom stereocenters. The van der Waals surface area contributed by atoms with Crippen molar-refractivity contribution in [3.05, 3.63) is 45.4 Å². The van der Waals surface area contributed by atoms with Crippen LogP contribution in [0.1, 0.15) is 16.8 Å². The minimum absolute atomic E-state index is 0.0959. The first-order valence-electron chi connectivity index (χ1n) is 6.77. The van der Waals surface area contributed by atoms with Crippen LogP contribution in [-0.4, -0.2) is 23.2 Å². The van der Waals surface area contributed by atoms with Gasteiger partial charge in [0.1, 0.15) is 11.6 Å². The Balaban J connectivity index is 1.82. The van der Waals surface area contributed by atoms with Gasteiger partial charge in [-0.2, -0.15) is 0 Å². The van der Waals surface area contributed by atoms with E-state index in [4.69, 9.17) is 9.47 Å². The Hall–Kier alpha value is -2.14. The minimum atomic E-state index is -0.0959. The van der Waals surface area contributed by atoms with Crippen molar-refractivity contribution in [2.24, 2.45) is 0 Å². The molecule has 0 amide bonds. The smallest absolute Gasteiger partial charge is 0.256 e. The van der Waals surface area contributed by atoms with Gasteiger partial charge in [-0.15, -0.1) is 0 Å². The number of rotatable bonds is 1. The third-order valence-corrected chi connectivity index (χ3v) is 3.79. The van der Waals surface area contributed by atoms with Crippen molar-refractivity contribution >= 4 is 0 Å². The number of hydrogen-bond donors (Lipinski definition) is 1. The summed E-state index contributed by atoms with van der Waals surface area (Å²) < 4.78 is 10.8. The first-order valence-corrected chi connectivity index (χ1v) is 6.77. The van der Waals surface area contributed by atoms with Crippen LogP contribution in [-0.2, 0) is 24.2 Å². The van der Waals surface area contributed by atoms with Gasteiger partial charge < -0.3 is 14.5 Å². The van der Waals surface area contributed by atoms with Crippen molar-refractivity contribution in [3.63, 3.8) is 0 Å². The summed E-state index contributed by atoms with van der Waals surface area (Å²) in [6.45, 7) is 1.71. The maximum Gasteiger partial charge on any atom is 0.256 e. The lowest BCUT2D eigenvalue weighted by molar-refractivity contribution is 0.108. The number of benzene rings is 1. The Morgan fingerprint density at radius 2 is 2.15 bits per heavy atom. The SMILES string of the molecule is O=c1[nH]c(-c2ccc3c(c2)CCO3)nc2c1COCC2. The van der Waals surface area contributed by atoms with Gasteiger partial charge in [0.15, 0.2) is 0 Å². The fourth-order valence-electron chi connectivity index (χ4n) is 2.71. The fourth-order valence-corrected chi connectivity index (χ4v) is 2.71. The highest BCUT2D eigenvalue weighted by Gasteiger charge is 2.18. The zero-order valence-corrected chi connectivity index (χ0v) is 10.9. The Morgan fingerprint density at radius 1 is 1.20 bits per heavy atom. The molecular weight excluding hydrogens is 256 g/mol. The van der Waals surface area contributed by atoms with Gasteiger partial charge in [0.05, 0.1) is 31.1 Å². The molecule has 0 saturated heterocycles. The summed E-state index contributed by atoms with van der Waals surface area (Å²) in [7, 11) is 0. The van der Waals surface area contributed by atoms with Crippen LogP contribution in [0.25, 0.3) is 11.4 Å². The topological polar surface area (TPSA) is 64.2 Å². The average Bonchev–Trinajstić information content (AvgIpc) is 2.94. The van der Waals surface area contributed by atoms with E-state index >= 15 is 0 Å². The molecule has 5 nitrogen and oxygen atoms in total. The molecule has 2 aromatic rings. The van der Waals surface area contributed by atoms with E-state index in [1.807, 2.05) is 18.2 Å². The molecular formula is C15H14N2O3. The molecule has 2 aliphatic rings. The van der Waals surface area contributed by atoms with Gasteiger partial charge in [0, 0.05) is 18.4 Å². The van der Waals surface area contributed by atoms with Gasteiger partial charge in [0.2, 0.25) is 0 Å². The van der Waals surface area contributed by atoms with Gasteiger partial charge in [-0.25, -0.2) is 4.98 Å². The summed E-state index contributed by atoms with van der Waals surface area (Å²) in [4.78, 5) is 19.5. The molecule has 5 heteroatoms. The summed E-state index contributed by atoms with van der Waals surface area (Å²) in [6, 6.07) is 5.93. The maximum atomic E-state index is 12.1. The molecule has 4 rings (SSSR count). The van der Waals surface area contributed by atoms with Crippen LogP contribution in [0.15, 0.2) is 23.0 Å². The highest BCUT2D eigenvalue weighted by atomic mass is 16.5. The molecule has 0 fully saturated rings. The first kappa shape index (κ1) is 11.7. The number of H-pyrrole nitrogens is 1. The van der Waals surface area contributed by atoms with E-state index in [9.17, 15) is 4.79 Å². The number of ether oxygens (including phenoxy) is 2. The molecule has 0 atom stereocenters. The van der Waals surface area contributed by atoms with E-state index in [1.54, 1.807) is 0 Å². The van der Waals surface area contributed by atoms with Crippen LogP contribution < -0.4 is 10.3 Å². The number of nitrogens with zero attached hydrogens (tertiary/aromatic N) is 1. The molecule has 0 aliphatic carbocycles. The molecule has 3 heterocycles. The standard InChI is InChI=1S/C15H14N2O3/c18-15-11-8-19-5-4-12(11)16-14(17-15)10-1-2-13-9(7-10)3-6-20-13/h1-2,7H,3-6,8H2,(H,16,17,18). The maximum absolute atomic E-state index is 12.1. The summed E-state index contributed by atoms with van der Waals surface area (Å²) in [5, 5.41) is 0. The lowest BCUT2D eigenvalue weighted by atomic mass is 10.1. The Bertz CT molecular complexity index is 736. The van der Waals surface area contributed by atoms with Crippen molar-refractivity contribution in [2.45, 2.75) is 19.4 Å². The van der Waals surface area contributed by atoms with Gasteiger partial charge in [0.25, 0.3) is 5.56 Å². The normalized spacial score (nSPS) is 16.4. The highest BCUT2D eigenvalue weighted by Crippen LogP contribution is 2.29.